The molecule has 0 fully saturated rings. The van der Waals surface area contributed by atoms with Gasteiger partial charge in [0.05, 0.1) is 10.6 Å². The summed E-state index contributed by atoms with van der Waals surface area (Å²) in [6, 6.07) is 0. The molecular formula is C10H14N4S. The minimum Gasteiger partial charge on any atom is -0.331 e. The number of nitrogens with zero attached hydrogens (tertiary/aromatic N) is 3. The molecule has 2 N–H and O–H groups in total. The molecule has 0 unspecified atom stereocenters. The lowest BCUT2D eigenvalue weighted by Crippen LogP contribution is -1.95. The van der Waals surface area contributed by atoms with Crippen LogP contribution in [0.3, 0.4) is 0 Å². The van der Waals surface area contributed by atoms with Crippen LogP contribution >= 0.6 is 11.3 Å². The van der Waals surface area contributed by atoms with Crippen molar-refractivity contribution in [2.24, 2.45) is 5.73 Å². The van der Waals surface area contributed by atoms with Gasteiger partial charge in [0.1, 0.15) is 5.01 Å². The summed E-state index contributed by atoms with van der Waals surface area (Å²) in [5, 5.41) is 0.966. The molecule has 15 heavy (non-hydrogen) atoms. The summed E-state index contributed by atoms with van der Waals surface area (Å²) in [6.07, 6.45) is 3.80. The van der Waals surface area contributed by atoms with Crippen LogP contribution in [-0.2, 0) is 13.1 Å². The van der Waals surface area contributed by atoms with Crippen molar-refractivity contribution in [1.29, 1.82) is 0 Å². The number of nitrogens with two attached hydrogens (primary N) is 1. The lowest BCUT2D eigenvalue weighted by molar-refractivity contribution is 0.771. The van der Waals surface area contributed by atoms with E-state index in [4.69, 9.17) is 5.73 Å². The average molecular weight is 222 g/mol. The van der Waals surface area contributed by atoms with Crippen LogP contribution < -0.4 is 5.73 Å². The van der Waals surface area contributed by atoms with Crippen LogP contribution in [0.25, 0.3) is 10.7 Å². The summed E-state index contributed by atoms with van der Waals surface area (Å²) in [5.41, 5.74) is 6.59. The van der Waals surface area contributed by atoms with E-state index < -0.39 is 0 Å². The van der Waals surface area contributed by atoms with Crippen LogP contribution in [0.4, 0.5) is 0 Å². The molecule has 0 aliphatic carbocycles. The molecule has 2 aromatic rings. The van der Waals surface area contributed by atoms with Crippen LogP contribution in [0.1, 0.15) is 17.6 Å². The van der Waals surface area contributed by atoms with Crippen LogP contribution in [0.5, 0.6) is 0 Å². The smallest absolute Gasteiger partial charge is 0.151 e. The highest BCUT2D eigenvalue weighted by molar-refractivity contribution is 7.15. The standard InChI is InChI=1S/C10H14N4S/c1-3-14-5-4-12-10(14)9-7(2)13-8(6-11)15-9/h4-5H,3,6,11H2,1-2H3. The van der Waals surface area contributed by atoms with E-state index in [0.717, 1.165) is 27.9 Å². The molecule has 0 saturated carbocycles. The average Bonchev–Trinajstić information content (AvgIpc) is 2.82. The van der Waals surface area contributed by atoms with Crippen molar-refractivity contribution in [2.75, 3.05) is 0 Å². The van der Waals surface area contributed by atoms with E-state index in [-0.39, 0.29) is 0 Å². The molecular weight excluding hydrogens is 208 g/mol. The molecule has 0 atom stereocenters. The second-order valence-electron chi connectivity index (χ2n) is 3.26. The van der Waals surface area contributed by atoms with Gasteiger partial charge in [-0.2, -0.15) is 0 Å². The summed E-state index contributed by atoms with van der Waals surface area (Å²) < 4.78 is 2.11. The van der Waals surface area contributed by atoms with E-state index in [9.17, 15) is 0 Å². The molecule has 0 bridgehead atoms. The van der Waals surface area contributed by atoms with Gasteiger partial charge in [-0.15, -0.1) is 11.3 Å². The minimum atomic E-state index is 0.498. The molecule has 80 valence electrons. The first-order valence-corrected chi connectivity index (χ1v) is 5.75. The van der Waals surface area contributed by atoms with E-state index >= 15 is 0 Å². The van der Waals surface area contributed by atoms with Gasteiger partial charge >= 0.3 is 0 Å². The highest BCUT2D eigenvalue weighted by Gasteiger charge is 2.12. The zero-order valence-electron chi connectivity index (χ0n) is 8.90. The van der Waals surface area contributed by atoms with Crippen molar-refractivity contribution >= 4 is 11.3 Å². The molecule has 2 aromatic heterocycles. The van der Waals surface area contributed by atoms with E-state index in [1.54, 1.807) is 11.3 Å². The summed E-state index contributed by atoms with van der Waals surface area (Å²) >= 11 is 1.63. The normalized spacial score (nSPS) is 10.9. The lowest BCUT2D eigenvalue weighted by Gasteiger charge is -2.01. The van der Waals surface area contributed by atoms with E-state index in [1.165, 1.54) is 0 Å². The first kappa shape index (κ1) is 10.3. The van der Waals surface area contributed by atoms with Crippen molar-refractivity contribution in [1.82, 2.24) is 14.5 Å². The summed E-state index contributed by atoms with van der Waals surface area (Å²) in [6.45, 7) is 5.52. The first-order chi connectivity index (χ1) is 7.26. The molecule has 0 radical (unpaired) electrons. The molecule has 0 saturated heterocycles. The predicted molar refractivity (Wildman–Crippen MR) is 61.6 cm³/mol. The molecule has 0 aromatic carbocycles. The van der Waals surface area contributed by atoms with Crippen LogP contribution in [0.15, 0.2) is 12.4 Å². The Morgan fingerprint density at radius 2 is 2.33 bits per heavy atom. The Morgan fingerprint density at radius 3 is 2.93 bits per heavy atom. The third kappa shape index (κ3) is 1.80. The van der Waals surface area contributed by atoms with Crippen molar-refractivity contribution < 1.29 is 0 Å². The highest BCUT2D eigenvalue weighted by atomic mass is 32.1. The number of hydrogen-bond donors (Lipinski definition) is 1. The van der Waals surface area contributed by atoms with Gasteiger partial charge < -0.3 is 10.3 Å². The fourth-order valence-electron chi connectivity index (χ4n) is 1.52. The Balaban J connectivity index is 2.48. The Morgan fingerprint density at radius 1 is 1.53 bits per heavy atom. The van der Waals surface area contributed by atoms with Crippen molar-refractivity contribution in [3.8, 4) is 10.7 Å². The monoisotopic (exact) mass is 222 g/mol. The molecule has 5 heteroatoms. The van der Waals surface area contributed by atoms with Crippen molar-refractivity contribution in [2.45, 2.75) is 26.9 Å². The Hall–Kier alpha value is -1.20. The maximum atomic E-state index is 5.58. The zero-order chi connectivity index (χ0) is 10.8. The largest absolute Gasteiger partial charge is 0.331 e. The van der Waals surface area contributed by atoms with Gasteiger partial charge in [0.15, 0.2) is 5.82 Å². The van der Waals surface area contributed by atoms with E-state index in [2.05, 4.69) is 21.5 Å². The number of aryl methyl sites for hydroxylation is 2. The van der Waals surface area contributed by atoms with Crippen molar-refractivity contribution in [3.05, 3.63) is 23.1 Å². The summed E-state index contributed by atoms with van der Waals surface area (Å²) in [7, 11) is 0. The topological polar surface area (TPSA) is 56.7 Å². The lowest BCUT2D eigenvalue weighted by atomic mass is 10.4. The molecule has 0 aliphatic rings. The maximum Gasteiger partial charge on any atom is 0.151 e. The summed E-state index contributed by atoms with van der Waals surface area (Å²) in [5.74, 6) is 0.993. The number of rotatable bonds is 3. The second kappa shape index (κ2) is 4.12. The Kier molecular flexibility index (Phi) is 2.83. The number of aromatic nitrogens is 3. The highest BCUT2D eigenvalue weighted by Crippen LogP contribution is 2.28. The predicted octanol–water partition coefficient (Wildman–Crippen LogP) is 1.79. The third-order valence-corrected chi connectivity index (χ3v) is 3.45. The molecule has 0 aliphatic heterocycles. The van der Waals surface area contributed by atoms with Gasteiger partial charge in [-0.3, -0.25) is 0 Å². The quantitative estimate of drug-likeness (QED) is 0.861. The van der Waals surface area contributed by atoms with Gasteiger partial charge in [-0.25, -0.2) is 9.97 Å². The summed E-state index contributed by atoms with van der Waals surface area (Å²) in [4.78, 5) is 9.89. The molecule has 4 nitrogen and oxygen atoms in total. The van der Waals surface area contributed by atoms with Gasteiger partial charge in [-0.1, -0.05) is 0 Å². The number of imidazole rings is 1. The van der Waals surface area contributed by atoms with Crippen molar-refractivity contribution in [3.63, 3.8) is 0 Å². The Labute approximate surface area is 92.8 Å². The van der Waals surface area contributed by atoms with E-state index in [1.807, 2.05) is 19.3 Å². The second-order valence-corrected chi connectivity index (χ2v) is 4.35. The third-order valence-electron chi connectivity index (χ3n) is 2.27. The molecule has 2 rings (SSSR count). The maximum absolute atomic E-state index is 5.58. The first-order valence-electron chi connectivity index (χ1n) is 4.94. The van der Waals surface area contributed by atoms with Gasteiger partial charge in [0.2, 0.25) is 0 Å². The van der Waals surface area contributed by atoms with E-state index in [0.29, 0.717) is 6.54 Å². The molecule has 0 amide bonds. The fourth-order valence-corrected chi connectivity index (χ4v) is 2.48. The molecule has 2 heterocycles. The van der Waals surface area contributed by atoms with Crippen LogP contribution in [-0.4, -0.2) is 14.5 Å². The zero-order valence-corrected chi connectivity index (χ0v) is 9.71. The minimum absolute atomic E-state index is 0.498. The SMILES string of the molecule is CCn1ccnc1-c1sc(CN)nc1C. The Bertz CT molecular complexity index is 458. The van der Waals surface area contributed by atoms with Gasteiger partial charge in [0.25, 0.3) is 0 Å². The fraction of sp³-hybridized carbons (Fsp3) is 0.400. The molecule has 0 spiro atoms. The number of thiazole rings is 1. The van der Waals surface area contributed by atoms with Crippen LogP contribution in [0, 0.1) is 6.92 Å². The van der Waals surface area contributed by atoms with Crippen LogP contribution in [0.2, 0.25) is 0 Å². The van der Waals surface area contributed by atoms with Gasteiger partial charge in [0, 0.05) is 25.5 Å². The number of hydrogen-bond acceptors (Lipinski definition) is 4. The van der Waals surface area contributed by atoms with Gasteiger partial charge in [-0.05, 0) is 13.8 Å².